The van der Waals surface area contributed by atoms with Gasteiger partial charge in [-0.05, 0) is 34.5 Å². The highest BCUT2D eigenvalue weighted by atomic mass is 79.9. The lowest BCUT2D eigenvalue weighted by Crippen LogP contribution is -2.12. The molecule has 1 amide bonds. The number of halogens is 1. The minimum atomic E-state index is -0.482. The van der Waals surface area contributed by atoms with Crippen molar-refractivity contribution in [2.45, 2.75) is 13.3 Å². The molecule has 0 aromatic heterocycles. The minimum Gasteiger partial charge on any atom is -0.397 e. The lowest BCUT2D eigenvalue weighted by atomic mass is 10.1. The van der Waals surface area contributed by atoms with E-state index in [9.17, 15) is 4.79 Å². The van der Waals surface area contributed by atoms with Crippen molar-refractivity contribution >= 4 is 33.2 Å². The number of rotatable bonds is 4. The van der Waals surface area contributed by atoms with Crippen LogP contribution in [0.3, 0.4) is 0 Å². The number of primary amides is 1. The van der Waals surface area contributed by atoms with Crippen LogP contribution in [-0.4, -0.2) is 12.5 Å². The summed E-state index contributed by atoms with van der Waals surface area (Å²) in [5.74, 6) is -0.482. The van der Waals surface area contributed by atoms with Gasteiger partial charge in [0.25, 0.3) is 0 Å². The highest BCUT2D eigenvalue weighted by Gasteiger charge is 2.09. The molecule has 1 rings (SSSR count). The third-order valence-corrected chi connectivity index (χ3v) is 2.58. The molecule has 0 radical (unpaired) electrons. The molecule has 5 N–H and O–H groups in total. The van der Waals surface area contributed by atoms with Crippen LogP contribution in [0.15, 0.2) is 16.6 Å². The van der Waals surface area contributed by atoms with Crippen molar-refractivity contribution in [3.8, 4) is 0 Å². The number of nitrogens with one attached hydrogen (secondary N) is 1. The monoisotopic (exact) mass is 271 g/mol. The Morgan fingerprint density at radius 1 is 1.53 bits per heavy atom. The second kappa shape index (κ2) is 5.02. The van der Waals surface area contributed by atoms with Crippen LogP contribution in [0.2, 0.25) is 0 Å². The number of carbonyl (C=O) groups excluding carboxylic acids is 1. The van der Waals surface area contributed by atoms with E-state index in [4.69, 9.17) is 11.5 Å². The molecule has 0 heterocycles. The van der Waals surface area contributed by atoms with Gasteiger partial charge in [-0.25, -0.2) is 0 Å². The molecule has 0 saturated carbocycles. The van der Waals surface area contributed by atoms with Gasteiger partial charge in [0.2, 0.25) is 5.91 Å². The van der Waals surface area contributed by atoms with Crippen molar-refractivity contribution in [3.63, 3.8) is 0 Å². The molecule has 4 nitrogen and oxygen atoms in total. The SMILES string of the molecule is CCCNc1c(N)cc(C(N)=O)cc1Br. The highest BCUT2D eigenvalue weighted by Crippen LogP contribution is 2.30. The van der Waals surface area contributed by atoms with Crippen LogP contribution >= 0.6 is 15.9 Å². The minimum absolute atomic E-state index is 0.404. The molecule has 15 heavy (non-hydrogen) atoms. The van der Waals surface area contributed by atoms with Gasteiger partial charge in [-0.15, -0.1) is 0 Å². The largest absolute Gasteiger partial charge is 0.397 e. The first-order valence-corrected chi connectivity index (χ1v) is 5.48. The van der Waals surface area contributed by atoms with Gasteiger partial charge in [0.05, 0.1) is 11.4 Å². The molecule has 0 aliphatic carbocycles. The first kappa shape index (κ1) is 11.8. The van der Waals surface area contributed by atoms with Gasteiger partial charge in [0.15, 0.2) is 0 Å². The number of nitrogens with two attached hydrogens (primary N) is 2. The second-order valence-corrected chi connectivity index (χ2v) is 4.07. The number of nitrogen functional groups attached to an aromatic ring is 1. The van der Waals surface area contributed by atoms with Crippen molar-refractivity contribution in [2.75, 3.05) is 17.6 Å². The Labute approximate surface area is 97.1 Å². The van der Waals surface area contributed by atoms with Crippen molar-refractivity contribution in [3.05, 3.63) is 22.2 Å². The highest BCUT2D eigenvalue weighted by molar-refractivity contribution is 9.10. The lowest BCUT2D eigenvalue weighted by Gasteiger charge is -2.11. The maximum absolute atomic E-state index is 11.0. The van der Waals surface area contributed by atoms with Gasteiger partial charge in [-0.1, -0.05) is 6.92 Å². The predicted octanol–water partition coefficient (Wildman–Crippen LogP) is 1.95. The summed E-state index contributed by atoms with van der Waals surface area (Å²) in [5, 5.41) is 3.17. The van der Waals surface area contributed by atoms with Crippen molar-refractivity contribution in [1.29, 1.82) is 0 Å². The zero-order chi connectivity index (χ0) is 11.4. The van der Waals surface area contributed by atoms with E-state index in [1.807, 2.05) is 0 Å². The van der Waals surface area contributed by atoms with E-state index in [0.29, 0.717) is 11.3 Å². The van der Waals surface area contributed by atoms with E-state index in [-0.39, 0.29) is 0 Å². The summed E-state index contributed by atoms with van der Waals surface area (Å²) in [7, 11) is 0. The van der Waals surface area contributed by atoms with Gasteiger partial charge in [-0.2, -0.15) is 0 Å². The molecule has 0 saturated heterocycles. The van der Waals surface area contributed by atoms with Crippen molar-refractivity contribution in [2.24, 2.45) is 5.73 Å². The van der Waals surface area contributed by atoms with E-state index in [1.165, 1.54) is 0 Å². The number of carbonyl (C=O) groups is 1. The first-order chi connectivity index (χ1) is 7.06. The second-order valence-electron chi connectivity index (χ2n) is 3.21. The molecular formula is C10H14BrN3O. The number of anilines is 2. The zero-order valence-electron chi connectivity index (χ0n) is 8.51. The zero-order valence-corrected chi connectivity index (χ0v) is 10.1. The fraction of sp³-hybridized carbons (Fsp3) is 0.300. The summed E-state index contributed by atoms with van der Waals surface area (Å²) >= 11 is 3.35. The van der Waals surface area contributed by atoms with Crippen molar-refractivity contribution in [1.82, 2.24) is 0 Å². The van der Waals surface area contributed by atoms with Crippen LogP contribution in [0.5, 0.6) is 0 Å². The normalized spacial score (nSPS) is 10.0. The Morgan fingerprint density at radius 2 is 2.20 bits per heavy atom. The maximum atomic E-state index is 11.0. The van der Waals surface area contributed by atoms with Crippen LogP contribution in [0, 0.1) is 0 Å². The van der Waals surface area contributed by atoms with Crippen LogP contribution in [-0.2, 0) is 0 Å². The fourth-order valence-corrected chi connectivity index (χ4v) is 1.82. The van der Waals surface area contributed by atoms with Gasteiger partial charge in [0, 0.05) is 16.6 Å². The maximum Gasteiger partial charge on any atom is 0.248 e. The Morgan fingerprint density at radius 3 is 2.67 bits per heavy atom. The summed E-state index contributed by atoms with van der Waals surface area (Å²) in [6.45, 7) is 2.90. The van der Waals surface area contributed by atoms with Gasteiger partial charge < -0.3 is 16.8 Å². The van der Waals surface area contributed by atoms with Crippen LogP contribution < -0.4 is 16.8 Å². The van der Waals surface area contributed by atoms with Crippen LogP contribution in [0.25, 0.3) is 0 Å². The summed E-state index contributed by atoms with van der Waals surface area (Å²) in [5.41, 5.74) is 12.7. The molecule has 0 aliphatic rings. The average Bonchev–Trinajstić information content (AvgIpc) is 2.16. The standard InChI is InChI=1S/C10H14BrN3O/c1-2-3-14-9-7(11)4-6(10(13)15)5-8(9)12/h4-5,14H,2-3,12H2,1H3,(H2,13,15). The molecule has 0 bridgehead atoms. The molecule has 82 valence electrons. The van der Waals surface area contributed by atoms with Gasteiger partial charge >= 0.3 is 0 Å². The molecular weight excluding hydrogens is 258 g/mol. The van der Waals surface area contributed by atoms with E-state index in [1.54, 1.807) is 12.1 Å². The molecule has 0 atom stereocenters. The van der Waals surface area contributed by atoms with E-state index in [2.05, 4.69) is 28.2 Å². The van der Waals surface area contributed by atoms with Crippen LogP contribution in [0.4, 0.5) is 11.4 Å². The van der Waals surface area contributed by atoms with E-state index in [0.717, 1.165) is 23.1 Å². The smallest absolute Gasteiger partial charge is 0.248 e. The van der Waals surface area contributed by atoms with Gasteiger partial charge in [0.1, 0.15) is 0 Å². The molecule has 1 aromatic carbocycles. The Kier molecular flexibility index (Phi) is 3.96. The lowest BCUT2D eigenvalue weighted by molar-refractivity contribution is 0.100. The Hall–Kier alpha value is -1.23. The number of amides is 1. The molecule has 5 heteroatoms. The summed E-state index contributed by atoms with van der Waals surface area (Å²) in [6, 6.07) is 3.24. The number of hydrogen-bond donors (Lipinski definition) is 3. The molecule has 1 aromatic rings. The molecule has 0 spiro atoms. The Bertz CT molecular complexity index is 356. The molecule has 0 fully saturated rings. The average molecular weight is 272 g/mol. The van der Waals surface area contributed by atoms with Crippen LogP contribution in [0.1, 0.15) is 23.7 Å². The topological polar surface area (TPSA) is 81.1 Å². The summed E-state index contributed by atoms with van der Waals surface area (Å²) < 4.78 is 0.754. The van der Waals surface area contributed by atoms with E-state index >= 15 is 0 Å². The number of benzene rings is 1. The number of hydrogen-bond acceptors (Lipinski definition) is 3. The van der Waals surface area contributed by atoms with E-state index < -0.39 is 5.91 Å². The first-order valence-electron chi connectivity index (χ1n) is 4.69. The fourth-order valence-electron chi connectivity index (χ4n) is 1.21. The third-order valence-electron chi connectivity index (χ3n) is 1.96. The summed E-state index contributed by atoms with van der Waals surface area (Å²) in [4.78, 5) is 11.0. The Balaban J connectivity index is 3.04. The summed E-state index contributed by atoms with van der Waals surface area (Å²) in [6.07, 6.45) is 1.00. The molecule has 0 aliphatic heterocycles. The van der Waals surface area contributed by atoms with Crippen molar-refractivity contribution < 1.29 is 4.79 Å². The van der Waals surface area contributed by atoms with Gasteiger partial charge in [-0.3, -0.25) is 4.79 Å². The quantitative estimate of drug-likeness (QED) is 0.733. The predicted molar refractivity (Wildman–Crippen MR) is 65.9 cm³/mol. The third kappa shape index (κ3) is 2.86. The molecule has 0 unspecified atom stereocenters.